The van der Waals surface area contributed by atoms with Crippen LogP contribution in [0, 0.1) is 5.82 Å². The summed E-state index contributed by atoms with van der Waals surface area (Å²) in [6.45, 7) is 0. The van der Waals surface area contributed by atoms with E-state index < -0.39 is 0 Å². The van der Waals surface area contributed by atoms with Crippen molar-refractivity contribution in [2.75, 3.05) is 0 Å². The highest BCUT2D eigenvalue weighted by molar-refractivity contribution is 7.16. The molecule has 15 heavy (non-hydrogen) atoms. The van der Waals surface area contributed by atoms with E-state index in [1.807, 2.05) is 11.4 Å². The molecule has 0 saturated heterocycles. The fraction of sp³-hybridized carbons (Fsp3) is 0. The zero-order valence-corrected chi connectivity index (χ0v) is 8.40. The number of nitrogens with one attached hydrogen (secondary N) is 1. The second-order valence-electron chi connectivity index (χ2n) is 3.31. The molecule has 0 unspecified atom stereocenters. The van der Waals surface area contributed by atoms with Crippen LogP contribution in [0.25, 0.3) is 21.0 Å². The summed E-state index contributed by atoms with van der Waals surface area (Å²) in [5.41, 5.74) is -0.237. The predicted octanol–water partition coefficient (Wildman–Crippen LogP) is 2.88. The first-order valence-electron chi connectivity index (χ1n) is 4.44. The summed E-state index contributed by atoms with van der Waals surface area (Å²) >= 11 is 1.47. The van der Waals surface area contributed by atoms with E-state index in [4.69, 9.17) is 0 Å². The van der Waals surface area contributed by atoms with Crippen molar-refractivity contribution in [3.05, 3.63) is 45.8 Å². The Bertz CT molecular complexity index is 713. The van der Waals surface area contributed by atoms with Gasteiger partial charge < -0.3 is 4.98 Å². The third-order valence-corrected chi connectivity index (χ3v) is 3.24. The smallest absolute Gasteiger partial charge is 0.257 e. The van der Waals surface area contributed by atoms with Gasteiger partial charge in [-0.2, -0.15) is 0 Å². The summed E-state index contributed by atoms with van der Waals surface area (Å²) < 4.78 is 13.0. The molecule has 4 heteroatoms. The van der Waals surface area contributed by atoms with E-state index in [0.29, 0.717) is 5.39 Å². The molecule has 1 N–H and O–H groups in total. The van der Waals surface area contributed by atoms with Gasteiger partial charge in [0.15, 0.2) is 0 Å². The second-order valence-corrected chi connectivity index (χ2v) is 4.22. The number of aromatic nitrogens is 1. The lowest BCUT2D eigenvalue weighted by Crippen LogP contribution is -2.05. The van der Waals surface area contributed by atoms with Gasteiger partial charge in [-0.1, -0.05) is 6.07 Å². The number of H-pyrrole nitrogens is 1. The van der Waals surface area contributed by atoms with Crippen molar-refractivity contribution in [1.29, 1.82) is 0 Å². The van der Waals surface area contributed by atoms with Gasteiger partial charge in [0.05, 0.1) is 5.39 Å². The van der Waals surface area contributed by atoms with Gasteiger partial charge in [0.1, 0.15) is 10.6 Å². The van der Waals surface area contributed by atoms with Gasteiger partial charge in [0, 0.05) is 5.39 Å². The Morgan fingerprint density at radius 2 is 2.00 bits per heavy atom. The number of rotatable bonds is 0. The minimum atomic E-state index is -0.387. The van der Waals surface area contributed by atoms with Crippen molar-refractivity contribution in [2.24, 2.45) is 0 Å². The van der Waals surface area contributed by atoms with Gasteiger partial charge in [0.25, 0.3) is 5.56 Å². The van der Waals surface area contributed by atoms with Crippen LogP contribution in [-0.4, -0.2) is 4.98 Å². The Hall–Kier alpha value is -1.68. The fourth-order valence-corrected chi connectivity index (χ4v) is 2.52. The maximum Gasteiger partial charge on any atom is 0.257 e. The molecule has 2 nitrogen and oxygen atoms in total. The number of hydrogen-bond donors (Lipinski definition) is 1. The van der Waals surface area contributed by atoms with Gasteiger partial charge in [-0.15, -0.1) is 11.3 Å². The lowest BCUT2D eigenvalue weighted by Gasteiger charge is -1.98. The average molecular weight is 219 g/mol. The Morgan fingerprint density at radius 3 is 2.87 bits per heavy atom. The Morgan fingerprint density at radius 1 is 1.13 bits per heavy atom. The van der Waals surface area contributed by atoms with E-state index in [1.54, 1.807) is 6.07 Å². The van der Waals surface area contributed by atoms with Gasteiger partial charge >= 0.3 is 0 Å². The largest absolute Gasteiger partial charge is 0.313 e. The number of halogens is 1. The maximum atomic E-state index is 13.0. The van der Waals surface area contributed by atoms with Crippen molar-refractivity contribution in [1.82, 2.24) is 4.98 Å². The topological polar surface area (TPSA) is 32.9 Å². The molecular formula is C11H6FNOS. The Balaban J connectivity index is 2.67. The van der Waals surface area contributed by atoms with E-state index >= 15 is 0 Å². The molecule has 0 aliphatic heterocycles. The monoisotopic (exact) mass is 219 g/mol. The highest BCUT2D eigenvalue weighted by Crippen LogP contribution is 2.25. The summed E-state index contributed by atoms with van der Waals surface area (Å²) in [5, 5.41) is 4.08. The van der Waals surface area contributed by atoms with Crippen LogP contribution in [-0.2, 0) is 0 Å². The second kappa shape index (κ2) is 2.90. The molecular weight excluding hydrogens is 213 g/mol. The predicted molar refractivity (Wildman–Crippen MR) is 59.9 cm³/mol. The molecule has 0 spiro atoms. The van der Waals surface area contributed by atoms with Crippen LogP contribution in [0.15, 0.2) is 34.4 Å². The average Bonchev–Trinajstić information content (AvgIpc) is 2.66. The van der Waals surface area contributed by atoms with Crippen LogP contribution in [0.3, 0.4) is 0 Å². The molecule has 2 aromatic heterocycles. The van der Waals surface area contributed by atoms with E-state index in [0.717, 1.165) is 15.6 Å². The van der Waals surface area contributed by atoms with Gasteiger partial charge in [0.2, 0.25) is 0 Å². The van der Waals surface area contributed by atoms with Crippen molar-refractivity contribution >= 4 is 32.3 Å². The van der Waals surface area contributed by atoms with Crippen LogP contribution in [0.5, 0.6) is 0 Å². The molecule has 0 atom stereocenters. The summed E-state index contributed by atoms with van der Waals surface area (Å²) in [6.07, 6.45) is 0. The van der Waals surface area contributed by atoms with Crippen molar-refractivity contribution in [3.8, 4) is 0 Å². The minimum Gasteiger partial charge on any atom is -0.313 e. The quantitative estimate of drug-likeness (QED) is 0.619. The Labute approximate surface area is 88.0 Å². The van der Waals surface area contributed by atoms with Crippen molar-refractivity contribution in [3.63, 3.8) is 0 Å². The molecule has 0 aliphatic carbocycles. The zero-order chi connectivity index (χ0) is 10.4. The van der Waals surface area contributed by atoms with Gasteiger partial charge in [-0.05, 0) is 29.0 Å². The molecule has 0 fully saturated rings. The Kier molecular flexibility index (Phi) is 1.67. The molecule has 1 aromatic carbocycles. The minimum absolute atomic E-state index is 0.237. The third-order valence-electron chi connectivity index (χ3n) is 2.41. The van der Waals surface area contributed by atoms with Crippen LogP contribution in [0.4, 0.5) is 4.39 Å². The first-order chi connectivity index (χ1) is 7.25. The van der Waals surface area contributed by atoms with Crippen molar-refractivity contribution in [2.45, 2.75) is 0 Å². The molecule has 2 heterocycles. The zero-order valence-electron chi connectivity index (χ0n) is 7.58. The molecule has 3 rings (SSSR count). The normalized spacial score (nSPS) is 11.3. The summed E-state index contributed by atoms with van der Waals surface area (Å²) in [5.74, 6) is -0.387. The number of pyridine rings is 1. The first-order valence-corrected chi connectivity index (χ1v) is 5.32. The maximum absolute atomic E-state index is 13.0. The molecule has 0 radical (unpaired) electrons. The molecule has 0 bridgehead atoms. The van der Waals surface area contributed by atoms with E-state index in [1.165, 1.54) is 23.5 Å². The van der Waals surface area contributed by atoms with E-state index in [2.05, 4.69) is 4.98 Å². The number of benzene rings is 1. The molecule has 3 aromatic rings. The van der Waals surface area contributed by atoms with Gasteiger partial charge in [-0.3, -0.25) is 4.79 Å². The van der Waals surface area contributed by atoms with Gasteiger partial charge in [-0.25, -0.2) is 4.39 Å². The summed E-state index contributed by atoms with van der Waals surface area (Å²) in [6, 6.07) is 6.22. The number of hydrogen-bond acceptors (Lipinski definition) is 2. The van der Waals surface area contributed by atoms with Crippen LogP contribution in [0.1, 0.15) is 0 Å². The third kappa shape index (κ3) is 1.18. The van der Waals surface area contributed by atoms with E-state index in [-0.39, 0.29) is 11.4 Å². The number of aromatic amines is 1. The van der Waals surface area contributed by atoms with E-state index in [9.17, 15) is 9.18 Å². The standard InChI is InChI=1S/C11H6FNOS/c12-6-1-2-7-8-3-4-15-11(8)13-10(14)9(7)5-6/h1-5H,(H,13,14). The number of thiophene rings is 1. The SMILES string of the molecule is O=c1[nH]c2sccc2c2ccc(F)cc12. The highest BCUT2D eigenvalue weighted by atomic mass is 32.1. The molecule has 0 saturated carbocycles. The lowest BCUT2D eigenvalue weighted by atomic mass is 10.1. The molecule has 74 valence electrons. The first kappa shape index (κ1) is 8.61. The highest BCUT2D eigenvalue weighted by Gasteiger charge is 2.06. The van der Waals surface area contributed by atoms with Crippen LogP contribution < -0.4 is 5.56 Å². The van der Waals surface area contributed by atoms with Crippen molar-refractivity contribution < 1.29 is 4.39 Å². The molecule has 0 aliphatic rings. The lowest BCUT2D eigenvalue weighted by molar-refractivity contribution is 0.629. The molecule has 0 amide bonds. The summed E-state index contributed by atoms with van der Waals surface area (Å²) in [4.78, 5) is 15.2. The van der Waals surface area contributed by atoms with Crippen LogP contribution in [0.2, 0.25) is 0 Å². The van der Waals surface area contributed by atoms with Crippen LogP contribution >= 0.6 is 11.3 Å². The summed E-state index contributed by atoms with van der Waals surface area (Å²) in [7, 11) is 0. The fourth-order valence-electron chi connectivity index (χ4n) is 1.73. The number of fused-ring (bicyclic) bond motifs is 3.